The van der Waals surface area contributed by atoms with Gasteiger partial charge in [-0.25, -0.2) is 8.42 Å². The van der Waals surface area contributed by atoms with Crippen molar-refractivity contribution in [3.05, 3.63) is 83.9 Å². The smallest absolute Gasteiger partial charge is 0.416 e. The van der Waals surface area contributed by atoms with Crippen molar-refractivity contribution in [3.8, 4) is 11.5 Å². The van der Waals surface area contributed by atoms with E-state index in [0.29, 0.717) is 30.1 Å². The highest BCUT2D eigenvalue weighted by molar-refractivity contribution is 7.89. The Kier molecular flexibility index (Phi) is 8.89. The second-order valence-corrected chi connectivity index (χ2v) is 11.1. The standard InChI is InChI=1S/C28H30F3N3O5S/c1-38-25-12-11-24(18-26(25)39-2)40(36,37)34(19-21-7-4-3-5-8-21)20-27(35)33-15-13-32(14-16-33)23-10-6-9-22(17-23)28(29,30)31/h3-12,17-18H,13-16,19-20H2,1-2H3. The maximum absolute atomic E-state index is 13.7. The van der Waals surface area contributed by atoms with E-state index in [1.165, 1.54) is 43.4 Å². The molecule has 0 N–H and O–H groups in total. The Morgan fingerprint density at radius 2 is 1.55 bits per heavy atom. The Balaban J connectivity index is 1.51. The molecule has 0 unspecified atom stereocenters. The molecular weight excluding hydrogens is 547 g/mol. The summed E-state index contributed by atoms with van der Waals surface area (Å²) in [6.45, 7) is 0.667. The van der Waals surface area contributed by atoms with Crippen LogP contribution in [0.1, 0.15) is 11.1 Å². The first-order valence-corrected chi connectivity index (χ1v) is 13.9. The summed E-state index contributed by atoms with van der Waals surface area (Å²) < 4.78 is 78.5. The largest absolute Gasteiger partial charge is 0.493 e. The van der Waals surface area contributed by atoms with Crippen molar-refractivity contribution in [2.24, 2.45) is 0 Å². The summed E-state index contributed by atoms with van der Waals surface area (Å²) in [4.78, 5) is 16.6. The number of carbonyl (C=O) groups excluding carboxylic acids is 1. The number of alkyl halides is 3. The Bertz CT molecular complexity index is 1430. The summed E-state index contributed by atoms with van der Waals surface area (Å²) in [6.07, 6.45) is -4.45. The van der Waals surface area contributed by atoms with Crippen LogP contribution in [0.3, 0.4) is 0 Å². The van der Waals surface area contributed by atoms with Crippen molar-refractivity contribution in [2.45, 2.75) is 17.6 Å². The van der Waals surface area contributed by atoms with E-state index in [2.05, 4.69) is 0 Å². The molecule has 0 aliphatic carbocycles. The first-order chi connectivity index (χ1) is 19.0. The second kappa shape index (κ2) is 12.2. The predicted molar refractivity (Wildman–Crippen MR) is 144 cm³/mol. The first-order valence-electron chi connectivity index (χ1n) is 12.5. The first kappa shape index (κ1) is 29.2. The molecule has 1 amide bonds. The third kappa shape index (κ3) is 6.68. The lowest BCUT2D eigenvalue weighted by molar-refractivity contribution is -0.137. The van der Waals surface area contributed by atoms with Crippen molar-refractivity contribution >= 4 is 21.6 Å². The number of benzene rings is 3. The molecule has 3 aromatic carbocycles. The molecule has 1 fully saturated rings. The molecule has 0 saturated carbocycles. The van der Waals surface area contributed by atoms with Crippen LogP contribution in [0.5, 0.6) is 11.5 Å². The second-order valence-electron chi connectivity index (χ2n) is 9.19. The fourth-order valence-corrected chi connectivity index (χ4v) is 5.88. The van der Waals surface area contributed by atoms with Crippen LogP contribution in [0, 0.1) is 0 Å². The maximum atomic E-state index is 13.7. The van der Waals surface area contributed by atoms with Gasteiger partial charge >= 0.3 is 6.18 Å². The summed E-state index contributed by atoms with van der Waals surface area (Å²) in [7, 11) is -1.28. The Morgan fingerprint density at radius 1 is 0.875 bits per heavy atom. The van der Waals surface area contributed by atoms with Crippen LogP contribution in [0.15, 0.2) is 77.7 Å². The molecule has 40 heavy (non-hydrogen) atoms. The summed E-state index contributed by atoms with van der Waals surface area (Å²) >= 11 is 0. The number of carbonyl (C=O) groups is 1. The number of methoxy groups -OCH3 is 2. The third-order valence-electron chi connectivity index (χ3n) is 6.68. The number of piperazine rings is 1. The van der Waals surface area contributed by atoms with Crippen LogP contribution in [-0.2, 0) is 27.5 Å². The van der Waals surface area contributed by atoms with Gasteiger partial charge in [-0.3, -0.25) is 4.79 Å². The molecule has 1 aliphatic heterocycles. The molecule has 1 saturated heterocycles. The lowest BCUT2D eigenvalue weighted by atomic mass is 10.1. The third-order valence-corrected chi connectivity index (χ3v) is 8.46. The van der Waals surface area contributed by atoms with E-state index < -0.39 is 34.2 Å². The minimum absolute atomic E-state index is 0.0343. The van der Waals surface area contributed by atoms with Crippen molar-refractivity contribution in [3.63, 3.8) is 0 Å². The lowest BCUT2D eigenvalue weighted by Crippen LogP contribution is -2.51. The highest BCUT2D eigenvalue weighted by atomic mass is 32.2. The Hall–Kier alpha value is -3.77. The van der Waals surface area contributed by atoms with Crippen molar-refractivity contribution in [2.75, 3.05) is 51.8 Å². The van der Waals surface area contributed by atoms with Gasteiger partial charge in [0.1, 0.15) is 0 Å². The minimum atomic E-state index is -4.45. The molecule has 1 aliphatic rings. The highest BCUT2D eigenvalue weighted by Gasteiger charge is 2.33. The zero-order valence-electron chi connectivity index (χ0n) is 22.1. The molecule has 0 radical (unpaired) electrons. The van der Waals surface area contributed by atoms with Crippen LogP contribution in [0.2, 0.25) is 0 Å². The minimum Gasteiger partial charge on any atom is -0.493 e. The average Bonchev–Trinajstić information content (AvgIpc) is 2.96. The Morgan fingerprint density at radius 3 is 2.17 bits per heavy atom. The summed E-state index contributed by atoms with van der Waals surface area (Å²) in [5, 5.41) is 0. The number of halogens is 3. The van der Waals surface area contributed by atoms with E-state index >= 15 is 0 Å². The van der Waals surface area contributed by atoms with Gasteiger partial charge in [0.25, 0.3) is 0 Å². The van der Waals surface area contributed by atoms with Gasteiger partial charge in [0.05, 0.1) is 31.2 Å². The van der Waals surface area contributed by atoms with E-state index in [9.17, 15) is 26.4 Å². The number of anilines is 1. The molecule has 0 bridgehead atoms. The molecule has 0 atom stereocenters. The number of amides is 1. The molecule has 4 rings (SSSR count). The van der Waals surface area contributed by atoms with Crippen LogP contribution >= 0.6 is 0 Å². The average molecular weight is 578 g/mol. The van der Waals surface area contributed by atoms with Gasteiger partial charge in [0.15, 0.2) is 11.5 Å². The van der Waals surface area contributed by atoms with E-state index in [4.69, 9.17) is 9.47 Å². The zero-order chi connectivity index (χ0) is 28.9. The van der Waals surface area contributed by atoms with Gasteiger partial charge < -0.3 is 19.3 Å². The van der Waals surface area contributed by atoms with Crippen LogP contribution in [0.4, 0.5) is 18.9 Å². The molecule has 0 spiro atoms. The van der Waals surface area contributed by atoms with E-state index in [1.54, 1.807) is 35.2 Å². The van der Waals surface area contributed by atoms with Gasteiger partial charge in [-0.15, -0.1) is 0 Å². The fraction of sp³-hybridized carbons (Fsp3) is 0.321. The summed E-state index contributed by atoms with van der Waals surface area (Å²) in [5.74, 6) is 0.203. The van der Waals surface area contributed by atoms with Gasteiger partial charge in [-0.05, 0) is 35.9 Å². The van der Waals surface area contributed by atoms with Crippen molar-refractivity contribution in [1.82, 2.24) is 9.21 Å². The fourth-order valence-electron chi connectivity index (χ4n) is 4.48. The SMILES string of the molecule is COc1ccc(S(=O)(=O)N(CC(=O)N2CCN(c3cccc(C(F)(F)F)c3)CC2)Cc2ccccc2)cc1OC. The van der Waals surface area contributed by atoms with Gasteiger partial charge in [0.2, 0.25) is 15.9 Å². The Labute approximate surface area is 231 Å². The summed E-state index contributed by atoms with van der Waals surface area (Å²) in [6, 6.07) is 18.2. The van der Waals surface area contributed by atoms with Crippen molar-refractivity contribution in [1.29, 1.82) is 0 Å². The lowest BCUT2D eigenvalue weighted by Gasteiger charge is -2.37. The number of nitrogens with zero attached hydrogens (tertiary/aromatic N) is 3. The van der Waals surface area contributed by atoms with Crippen molar-refractivity contribution < 1.29 is 35.9 Å². The maximum Gasteiger partial charge on any atom is 0.416 e. The topological polar surface area (TPSA) is 79.4 Å². The van der Waals surface area contributed by atoms with Crippen LogP contribution in [0.25, 0.3) is 0 Å². The molecular formula is C28H30F3N3O5S. The molecule has 214 valence electrons. The highest BCUT2D eigenvalue weighted by Crippen LogP contribution is 2.33. The van der Waals surface area contributed by atoms with Crippen LogP contribution in [-0.4, -0.2) is 70.5 Å². The normalized spacial score (nSPS) is 14.3. The number of rotatable bonds is 9. The monoisotopic (exact) mass is 577 g/mol. The number of hydrogen-bond acceptors (Lipinski definition) is 6. The van der Waals surface area contributed by atoms with Crippen LogP contribution < -0.4 is 14.4 Å². The van der Waals surface area contributed by atoms with E-state index in [0.717, 1.165) is 16.4 Å². The zero-order valence-corrected chi connectivity index (χ0v) is 22.9. The molecule has 1 heterocycles. The predicted octanol–water partition coefficient (Wildman–Crippen LogP) is 4.26. The van der Waals surface area contributed by atoms with Gasteiger partial charge in [-0.1, -0.05) is 36.4 Å². The molecule has 12 heteroatoms. The number of sulfonamides is 1. The van der Waals surface area contributed by atoms with E-state index in [-0.39, 0.29) is 30.3 Å². The summed E-state index contributed by atoms with van der Waals surface area (Å²) in [5.41, 5.74) is 0.387. The van der Waals surface area contributed by atoms with Gasteiger partial charge in [0, 0.05) is 44.5 Å². The number of hydrogen-bond donors (Lipinski definition) is 0. The molecule has 0 aromatic heterocycles. The van der Waals surface area contributed by atoms with E-state index in [1.807, 2.05) is 6.07 Å². The molecule has 3 aromatic rings. The quantitative estimate of drug-likeness (QED) is 0.378. The molecule has 8 nitrogen and oxygen atoms in total. The number of ether oxygens (including phenoxy) is 2. The van der Waals surface area contributed by atoms with Gasteiger partial charge in [-0.2, -0.15) is 17.5 Å².